The van der Waals surface area contributed by atoms with E-state index in [0.29, 0.717) is 6.54 Å². The third-order valence-corrected chi connectivity index (χ3v) is 5.34. The van der Waals surface area contributed by atoms with Crippen LogP contribution in [-0.2, 0) is 16.4 Å². The minimum Gasteiger partial charge on any atom is -0.497 e. The van der Waals surface area contributed by atoms with Crippen molar-refractivity contribution in [2.45, 2.75) is 11.8 Å². The van der Waals surface area contributed by atoms with Gasteiger partial charge in [0, 0.05) is 17.7 Å². The van der Waals surface area contributed by atoms with Gasteiger partial charge >= 0.3 is 8.46 Å². The van der Waals surface area contributed by atoms with Gasteiger partial charge in [-0.25, -0.2) is 0 Å². The molecular formula is C21H21NO2P+. The Morgan fingerprint density at radius 1 is 0.840 bits per heavy atom. The Bertz CT molecular complexity index is 765. The second kappa shape index (κ2) is 8.06. The van der Waals surface area contributed by atoms with E-state index in [4.69, 9.17) is 4.74 Å². The lowest BCUT2D eigenvalue weighted by atomic mass is 9.97. The average molecular weight is 350 g/mol. The van der Waals surface area contributed by atoms with Crippen molar-refractivity contribution in [3.05, 3.63) is 102 Å². The normalized spacial score (nSPS) is 11.4. The molecule has 0 radical (unpaired) electrons. The highest BCUT2D eigenvalue weighted by atomic mass is 31.1. The first-order valence-corrected chi connectivity index (χ1v) is 9.07. The molecule has 0 heterocycles. The first kappa shape index (κ1) is 17.3. The van der Waals surface area contributed by atoms with Crippen molar-refractivity contribution < 1.29 is 9.30 Å². The molecule has 4 heteroatoms. The highest BCUT2D eigenvalue weighted by molar-refractivity contribution is 7.25. The highest BCUT2D eigenvalue weighted by Crippen LogP contribution is 2.39. The van der Waals surface area contributed by atoms with Gasteiger partial charge in [-0.2, -0.15) is 0 Å². The molecule has 1 atom stereocenters. The fraction of sp³-hybridized carbons (Fsp3) is 0.143. The van der Waals surface area contributed by atoms with Crippen LogP contribution in [0.2, 0.25) is 0 Å². The van der Waals surface area contributed by atoms with Gasteiger partial charge < -0.3 is 4.74 Å². The van der Waals surface area contributed by atoms with E-state index in [0.717, 1.165) is 22.4 Å². The van der Waals surface area contributed by atoms with Gasteiger partial charge in [-0.1, -0.05) is 77.4 Å². The standard InChI is InChI=1S/C21H20NO2P/c1-24-20-14-12-17(13-15-20)16-22-21(25-23,18-8-4-2-5-9-18)19-10-6-3-7-11-19/h2-15,22H,16H2,1H3/p+1. The van der Waals surface area contributed by atoms with Gasteiger partial charge in [0.25, 0.3) is 5.28 Å². The molecule has 25 heavy (non-hydrogen) atoms. The fourth-order valence-corrected chi connectivity index (χ4v) is 3.61. The SMILES string of the molecule is COc1ccc(CNC([PH+]=O)(c2ccccc2)c2ccccc2)cc1. The zero-order valence-corrected chi connectivity index (χ0v) is 15.1. The van der Waals surface area contributed by atoms with E-state index in [9.17, 15) is 4.57 Å². The Morgan fingerprint density at radius 3 is 1.80 bits per heavy atom. The van der Waals surface area contributed by atoms with Crippen LogP contribution < -0.4 is 10.1 Å². The molecule has 126 valence electrons. The summed E-state index contributed by atoms with van der Waals surface area (Å²) in [5, 5.41) is 2.79. The van der Waals surface area contributed by atoms with Gasteiger partial charge in [0.2, 0.25) is 0 Å². The van der Waals surface area contributed by atoms with Crippen LogP contribution in [0.4, 0.5) is 0 Å². The second-order valence-corrected chi connectivity index (χ2v) is 6.74. The van der Waals surface area contributed by atoms with Crippen LogP contribution in [0, 0.1) is 0 Å². The quantitative estimate of drug-likeness (QED) is 0.627. The zero-order valence-electron chi connectivity index (χ0n) is 14.1. The summed E-state index contributed by atoms with van der Waals surface area (Å²) in [5.74, 6) is 0.826. The van der Waals surface area contributed by atoms with E-state index in [1.165, 1.54) is 0 Å². The summed E-state index contributed by atoms with van der Waals surface area (Å²) in [4.78, 5) is 0. The lowest BCUT2D eigenvalue weighted by molar-refractivity contribution is 0.414. The molecule has 0 aliphatic heterocycles. The summed E-state index contributed by atoms with van der Waals surface area (Å²) in [6, 6.07) is 27.8. The number of hydrogen-bond donors (Lipinski definition) is 1. The number of ether oxygens (including phenoxy) is 1. The minimum atomic E-state index is -0.734. The van der Waals surface area contributed by atoms with Gasteiger partial charge in [0.05, 0.1) is 7.11 Å². The first-order chi connectivity index (χ1) is 12.3. The topological polar surface area (TPSA) is 38.3 Å². The summed E-state index contributed by atoms with van der Waals surface area (Å²) in [7, 11) is 1.09. The Balaban J connectivity index is 1.95. The Morgan fingerprint density at radius 2 is 1.36 bits per heavy atom. The summed E-state index contributed by atoms with van der Waals surface area (Å²) >= 11 is 0. The maximum Gasteiger partial charge on any atom is 0.356 e. The summed E-state index contributed by atoms with van der Waals surface area (Å²) in [6.07, 6.45) is 0. The monoisotopic (exact) mass is 350 g/mol. The fourth-order valence-electron chi connectivity index (χ4n) is 2.88. The van der Waals surface area contributed by atoms with E-state index < -0.39 is 13.7 Å². The molecule has 0 saturated carbocycles. The van der Waals surface area contributed by atoms with Crippen LogP contribution in [0.5, 0.6) is 5.75 Å². The summed E-state index contributed by atoms with van der Waals surface area (Å²) < 4.78 is 17.6. The van der Waals surface area contributed by atoms with Crippen molar-refractivity contribution >= 4 is 8.46 Å². The predicted molar refractivity (Wildman–Crippen MR) is 102 cm³/mol. The first-order valence-electron chi connectivity index (χ1n) is 8.17. The minimum absolute atomic E-state index is 0.562. The van der Waals surface area contributed by atoms with Gasteiger partial charge in [0.15, 0.2) is 0 Å². The van der Waals surface area contributed by atoms with Gasteiger partial charge in [-0.05, 0) is 17.7 Å². The third-order valence-electron chi connectivity index (χ3n) is 4.28. The molecule has 0 amide bonds. The van der Waals surface area contributed by atoms with E-state index in [1.54, 1.807) is 7.11 Å². The van der Waals surface area contributed by atoms with Crippen LogP contribution in [0.15, 0.2) is 84.9 Å². The molecule has 0 aromatic heterocycles. The van der Waals surface area contributed by atoms with Crippen LogP contribution in [-0.4, -0.2) is 7.11 Å². The van der Waals surface area contributed by atoms with Crippen molar-refractivity contribution in [3.63, 3.8) is 0 Å². The molecule has 0 aliphatic rings. The number of hydrogen-bond acceptors (Lipinski definition) is 3. The summed E-state index contributed by atoms with van der Waals surface area (Å²) in [6.45, 7) is 0.600. The molecule has 3 aromatic rings. The Hall–Kier alpha value is -2.48. The summed E-state index contributed by atoms with van der Waals surface area (Å²) in [5.41, 5.74) is 3.08. The van der Waals surface area contributed by atoms with Crippen LogP contribution in [0.3, 0.4) is 0 Å². The van der Waals surface area contributed by atoms with Crippen molar-refractivity contribution in [1.82, 2.24) is 5.32 Å². The van der Waals surface area contributed by atoms with Gasteiger partial charge in [-0.3, -0.25) is 5.32 Å². The Kier molecular flexibility index (Phi) is 5.60. The molecule has 0 fully saturated rings. The zero-order chi connectivity index (χ0) is 17.5. The molecule has 1 unspecified atom stereocenters. The van der Waals surface area contributed by atoms with Crippen LogP contribution in [0.1, 0.15) is 16.7 Å². The van der Waals surface area contributed by atoms with E-state index in [2.05, 4.69) is 5.32 Å². The van der Waals surface area contributed by atoms with E-state index in [-0.39, 0.29) is 0 Å². The predicted octanol–water partition coefficient (Wildman–Crippen LogP) is 4.71. The van der Waals surface area contributed by atoms with E-state index in [1.807, 2.05) is 84.9 Å². The molecular weight excluding hydrogens is 329 g/mol. The van der Waals surface area contributed by atoms with Crippen molar-refractivity contribution in [2.24, 2.45) is 0 Å². The maximum atomic E-state index is 12.4. The number of methoxy groups -OCH3 is 1. The van der Waals surface area contributed by atoms with Crippen molar-refractivity contribution in [3.8, 4) is 5.75 Å². The maximum absolute atomic E-state index is 12.4. The molecule has 1 N–H and O–H groups in total. The molecule has 0 bridgehead atoms. The molecule has 0 spiro atoms. The average Bonchev–Trinajstić information content (AvgIpc) is 2.71. The second-order valence-electron chi connectivity index (χ2n) is 5.79. The van der Waals surface area contributed by atoms with Crippen molar-refractivity contribution in [2.75, 3.05) is 7.11 Å². The van der Waals surface area contributed by atoms with Crippen LogP contribution >= 0.6 is 8.46 Å². The number of benzene rings is 3. The Labute approximate surface area is 149 Å². The van der Waals surface area contributed by atoms with Gasteiger partial charge in [0.1, 0.15) is 5.75 Å². The third kappa shape index (κ3) is 3.79. The largest absolute Gasteiger partial charge is 0.497 e. The molecule has 3 rings (SSSR count). The number of nitrogens with one attached hydrogen (secondary N) is 1. The molecule has 0 saturated heterocycles. The number of rotatable bonds is 7. The van der Waals surface area contributed by atoms with Crippen LogP contribution in [0.25, 0.3) is 0 Å². The smallest absolute Gasteiger partial charge is 0.356 e. The van der Waals surface area contributed by atoms with Crippen molar-refractivity contribution in [1.29, 1.82) is 0 Å². The van der Waals surface area contributed by atoms with E-state index >= 15 is 0 Å². The lowest BCUT2D eigenvalue weighted by Gasteiger charge is -2.24. The molecule has 3 nitrogen and oxygen atoms in total. The highest BCUT2D eigenvalue weighted by Gasteiger charge is 2.42. The van der Waals surface area contributed by atoms with Gasteiger partial charge in [-0.15, -0.1) is 0 Å². The molecule has 0 aliphatic carbocycles. The molecule has 3 aromatic carbocycles. The lowest BCUT2D eigenvalue weighted by Crippen LogP contribution is -2.38.